The van der Waals surface area contributed by atoms with Crippen LogP contribution in [0.1, 0.15) is 31.1 Å². The van der Waals surface area contributed by atoms with Gasteiger partial charge in [0.25, 0.3) is 0 Å². The summed E-state index contributed by atoms with van der Waals surface area (Å²) >= 11 is 1.41. The van der Waals surface area contributed by atoms with E-state index in [9.17, 15) is 9.59 Å². The topological polar surface area (TPSA) is 37.4 Å². The molecule has 0 bridgehead atoms. The van der Waals surface area contributed by atoms with Crippen LogP contribution in [-0.2, 0) is 4.79 Å². The number of thioether (sulfide) groups is 1. The fraction of sp³-hybridized carbons (Fsp3) is 0.467. The van der Waals surface area contributed by atoms with Gasteiger partial charge in [0.2, 0.25) is 5.91 Å². The number of carbonyl (C=O) groups is 2. The number of rotatable bonds is 7. The molecular formula is C15H21NO2S. The van der Waals surface area contributed by atoms with Gasteiger partial charge in [-0.3, -0.25) is 9.59 Å². The zero-order valence-corrected chi connectivity index (χ0v) is 12.6. The van der Waals surface area contributed by atoms with Gasteiger partial charge in [-0.25, -0.2) is 0 Å². The largest absolute Gasteiger partial charge is 0.343 e. The SMILES string of the molecule is CCN(CC)C(=O)CSC(C)C(=O)c1ccccc1. The van der Waals surface area contributed by atoms with E-state index in [1.165, 1.54) is 11.8 Å². The van der Waals surface area contributed by atoms with Gasteiger partial charge in [-0.05, 0) is 20.8 Å². The Balaban J connectivity index is 2.50. The van der Waals surface area contributed by atoms with Crippen molar-refractivity contribution in [2.75, 3.05) is 18.8 Å². The smallest absolute Gasteiger partial charge is 0.232 e. The van der Waals surface area contributed by atoms with Crippen LogP contribution >= 0.6 is 11.8 Å². The monoisotopic (exact) mass is 279 g/mol. The molecule has 1 rings (SSSR count). The van der Waals surface area contributed by atoms with Crippen molar-refractivity contribution in [2.24, 2.45) is 0 Å². The predicted molar refractivity (Wildman–Crippen MR) is 80.6 cm³/mol. The number of hydrogen-bond acceptors (Lipinski definition) is 3. The minimum atomic E-state index is -0.193. The van der Waals surface area contributed by atoms with Crippen molar-refractivity contribution in [1.82, 2.24) is 4.90 Å². The van der Waals surface area contributed by atoms with E-state index >= 15 is 0 Å². The van der Waals surface area contributed by atoms with Crippen molar-refractivity contribution in [3.05, 3.63) is 35.9 Å². The van der Waals surface area contributed by atoms with Crippen molar-refractivity contribution in [2.45, 2.75) is 26.0 Å². The molecule has 0 saturated heterocycles. The van der Waals surface area contributed by atoms with Crippen molar-refractivity contribution in [3.63, 3.8) is 0 Å². The average molecular weight is 279 g/mol. The molecule has 1 amide bonds. The van der Waals surface area contributed by atoms with Crippen LogP contribution in [0.2, 0.25) is 0 Å². The second-order valence-electron chi connectivity index (χ2n) is 4.25. The molecule has 1 unspecified atom stereocenters. The lowest BCUT2D eigenvalue weighted by molar-refractivity contribution is -0.127. The molecule has 0 aliphatic heterocycles. The highest BCUT2D eigenvalue weighted by atomic mass is 32.2. The number of benzene rings is 1. The first-order chi connectivity index (χ1) is 9.10. The van der Waals surface area contributed by atoms with Gasteiger partial charge in [0.15, 0.2) is 5.78 Å². The number of amides is 1. The molecule has 0 aromatic heterocycles. The lowest BCUT2D eigenvalue weighted by Gasteiger charge is -2.19. The first-order valence-corrected chi connectivity index (χ1v) is 7.63. The molecule has 0 radical (unpaired) electrons. The molecule has 104 valence electrons. The molecule has 19 heavy (non-hydrogen) atoms. The van der Waals surface area contributed by atoms with E-state index in [1.54, 1.807) is 4.90 Å². The summed E-state index contributed by atoms with van der Waals surface area (Å²) in [6.45, 7) is 7.22. The minimum absolute atomic E-state index is 0.0814. The van der Waals surface area contributed by atoms with E-state index < -0.39 is 0 Å². The number of ketones is 1. The summed E-state index contributed by atoms with van der Waals surface area (Å²) in [5.74, 6) is 0.544. The lowest BCUT2D eigenvalue weighted by atomic mass is 10.1. The van der Waals surface area contributed by atoms with Crippen LogP contribution in [0.25, 0.3) is 0 Å². The summed E-state index contributed by atoms with van der Waals surface area (Å²) in [4.78, 5) is 25.8. The van der Waals surface area contributed by atoms with E-state index in [2.05, 4.69) is 0 Å². The van der Waals surface area contributed by atoms with Gasteiger partial charge in [-0.15, -0.1) is 11.8 Å². The van der Waals surface area contributed by atoms with Gasteiger partial charge in [0.05, 0.1) is 11.0 Å². The summed E-state index contributed by atoms with van der Waals surface area (Å²) in [6, 6.07) is 9.22. The highest BCUT2D eigenvalue weighted by Crippen LogP contribution is 2.16. The van der Waals surface area contributed by atoms with Gasteiger partial charge >= 0.3 is 0 Å². The normalized spacial score (nSPS) is 11.9. The van der Waals surface area contributed by atoms with Crippen LogP contribution in [0.3, 0.4) is 0 Å². The quantitative estimate of drug-likeness (QED) is 0.720. The highest BCUT2D eigenvalue weighted by Gasteiger charge is 2.18. The number of nitrogens with zero attached hydrogens (tertiary/aromatic N) is 1. The van der Waals surface area contributed by atoms with Gasteiger partial charge in [-0.1, -0.05) is 30.3 Å². The van der Waals surface area contributed by atoms with Crippen LogP contribution in [0.5, 0.6) is 0 Å². The fourth-order valence-electron chi connectivity index (χ4n) is 1.78. The average Bonchev–Trinajstić information content (AvgIpc) is 2.46. The Bertz CT molecular complexity index is 415. The Morgan fingerprint density at radius 3 is 2.26 bits per heavy atom. The third kappa shape index (κ3) is 4.71. The Kier molecular flexibility index (Phi) is 6.64. The molecule has 4 heteroatoms. The summed E-state index contributed by atoms with van der Waals surface area (Å²) in [5.41, 5.74) is 0.706. The third-order valence-corrected chi connectivity index (χ3v) is 4.13. The summed E-state index contributed by atoms with van der Waals surface area (Å²) in [5, 5.41) is -0.193. The number of carbonyl (C=O) groups excluding carboxylic acids is 2. The highest BCUT2D eigenvalue weighted by molar-refractivity contribution is 8.01. The van der Waals surface area contributed by atoms with Crippen molar-refractivity contribution < 1.29 is 9.59 Å². The molecule has 3 nitrogen and oxygen atoms in total. The first kappa shape index (κ1) is 15.8. The second kappa shape index (κ2) is 8.00. The maximum atomic E-state index is 12.1. The molecule has 0 saturated carbocycles. The van der Waals surface area contributed by atoms with E-state index in [0.717, 1.165) is 13.1 Å². The molecule has 0 spiro atoms. The van der Waals surface area contributed by atoms with E-state index in [-0.39, 0.29) is 16.9 Å². The van der Waals surface area contributed by atoms with Crippen LogP contribution in [0.15, 0.2) is 30.3 Å². The van der Waals surface area contributed by atoms with Crippen LogP contribution in [0.4, 0.5) is 0 Å². The van der Waals surface area contributed by atoms with E-state index in [0.29, 0.717) is 11.3 Å². The van der Waals surface area contributed by atoms with Gasteiger partial charge in [-0.2, -0.15) is 0 Å². The van der Waals surface area contributed by atoms with Crippen LogP contribution in [-0.4, -0.2) is 40.7 Å². The van der Waals surface area contributed by atoms with Crippen molar-refractivity contribution in [3.8, 4) is 0 Å². The molecule has 1 aromatic carbocycles. The summed E-state index contributed by atoms with van der Waals surface area (Å²) in [7, 11) is 0. The molecule has 1 atom stereocenters. The Morgan fingerprint density at radius 1 is 1.16 bits per heavy atom. The first-order valence-electron chi connectivity index (χ1n) is 6.58. The molecule has 0 fully saturated rings. The standard InChI is InChI=1S/C15H21NO2S/c1-4-16(5-2)14(17)11-19-12(3)15(18)13-9-7-6-8-10-13/h6-10,12H,4-5,11H2,1-3H3. The number of Topliss-reactive ketones (excluding diaryl/α,β-unsaturated/α-hetero) is 1. The van der Waals surface area contributed by atoms with E-state index in [4.69, 9.17) is 0 Å². The maximum Gasteiger partial charge on any atom is 0.232 e. The zero-order valence-electron chi connectivity index (χ0n) is 11.8. The van der Waals surface area contributed by atoms with Crippen LogP contribution in [0, 0.1) is 0 Å². The van der Waals surface area contributed by atoms with E-state index in [1.807, 2.05) is 51.1 Å². The minimum Gasteiger partial charge on any atom is -0.343 e. The molecule has 1 aromatic rings. The third-order valence-electron chi connectivity index (χ3n) is 3.00. The van der Waals surface area contributed by atoms with Gasteiger partial charge in [0, 0.05) is 18.7 Å². The molecular weight excluding hydrogens is 258 g/mol. The fourth-order valence-corrected chi connectivity index (χ4v) is 2.64. The maximum absolute atomic E-state index is 12.1. The second-order valence-corrected chi connectivity index (χ2v) is 5.58. The Morgan fingerprint density at radius 2 is 1.74 bits per heavy atom. The Hall–Kier alpha value is -1.29. The van der Waals surface area contributed by atoms with Gasteiger partial charge in [0.1, 0.15) is 0 Å². The molecule has 0 N–H and O–H groups in total. The predicted octanol–water partition coefficient (Wildman–Crippen LogP) is 2.86. The molecule has 0 aliphatic carbocycles. The molecule has 0 heterocycles. The summed E-state index contributed by atoms with van der Waals surface area (Å²) in [6.07, 6.45) is 0. The molecule has 0 aliphatic rings. The number of hydrogen-bond donors (Lipinski definition) is 0. The van der Waals surface area contributed by atoms with Crippen LogP contribution < -0.4 is 0 Å². The zero-order chi connectivity index (χ0) is 14.3. The van der Waals surface area contributed by atoms with Crippen molar-refractivity contribution >= 4 is 23.5 Å². The Labute approximate surface area is 119 Å². The van der Waals surface area contributed by atoms with Gasteiger partial charge < -0.3 is 4.90 Å². The summed E-state index contributed by atoms with van der Waals surface area (Å²) < 4.78 is 0. The lowest BCUT2D eigenvalue weighted by Crippen LogP contribution is -2.32. The van der Waals surface area contributed by atoms with Crippen molar-refractivity contribution in [1.29, 1.82) is 0 Å².